The fourth-order valence-corrected chi connectivity index (χ4v) is 13.3. The van der Waals surface area contributed by atoms with Gasteiger partial charge in [0.1, 0.15) is 6.07 Å². The van der Waals surface area contributed by atoms with Gasteiger partial charge in [0.25, 0.3) is 0 Å². The van der Waals surface area contributed by atoms with Gasteiger partial charge < -0.3 is 18.3 Å². The Bertz CT molecular complexity index is 4810. The number of benzene rings is 9. The van der Waals surface area contributed by atoms with E-state index < -0.39 is 0 Å². The van der Waals surface area contributed by atoms with Crippen LogP contribution in [0.15, 0.2) is 164 Å². The largest absolute Gasteiger partial charge is 0.309 e. The number of rotatable bonds is 4. The van der Waals surface area contributed by atoms with Crippen LogP contribution in [-0.2, 0) is 32.5 Å². The maximum absolute atomic E-state index is 11.4. The average molecular weight is 1100 g/mol. The van der Waals surface area contributed by atoms with E-state index in [1.807, 2.05) is 0 Å². The van der Waals surface area contributed by atoms with Gasteiger partial charge in [-0.1, -0.05) is 197 Å². The van der Waals surface area contributed by atoms with Gasteiger partial charge in [-0.05, 0) is 157 Å². The summed E-state index contributed by atoms with van der Waals surface area (Å²) in [5.41, 5.74) is 21.3. The van der Waals surface area contributed by atoms with E-state index in [0.29, 0.717) is 5.56 Å². The van der Waals surface area contributed by atoms with E-state index in [4.69, 9.17) is 0 Å². The zero-order chi connectivity index (χ0) is 59.7. The smallest absolute Gasteiger partial charge is 0.101 e. The van der Waals surface area contributed by atoms with Crippen LogP contribution in [0.4, 0.5) is 0 Å². The highest BCUT2D eigenvalue weighted by atomic mass is 15.0. The molecule has 0 N–H and O–H groups in total. The third kappa shape index (κ3) is 8.60. The molecule has 0 radical (unpaired) electrons. The Morgan fingerprint density at radius 2 is 0.631 bits per heavy atom. The Morgan fingerprint density at radius 1 is 0.274 bits per heavy atom. The molecule has 9 aromatic carbocycles. The number of hydrogen-bond donors (Lipinski definition) is 0. The van der Waals surface area contributed by atoms with Crippen LogP contribution in [0.1, 0.15) is 164 Å². The minimum Gasteiger partial charge on any atom is -0.309 e. The van der Waals surface area contributed by atoms with Gasteiger partial charge in [0.15, 0.2) is 0 Å². The van der Waals surface area contributed by atoms with Gasteiger partial charge >= 0.3 is 0 Å². The predicted molar refractivity (Wildman–Crippen MR) is 361 cm³/mol. The van der Waals surface area contributed by atoms with Crippen molar-refractivity contribution in [3.8, 4) is 28.8 Å². The molecule has 0 aliphatic carbocycles. The molecule has 0 amide bonds. The molecule has 0 saturated carbocycles. The van der Waals surface area contributed by atoms with Crippen molar-refractivity contribution in [3.05, 3.63) is 203 Å². The summed E-state index contributed by atoms with van der Waals surface area (Å²) < 4.78 is 9.89. The molecular formula is C79H81N5. The third-order valence-corrected chi connectivity index (χ3v) is 18.3. The summed E-state index contributed by atoms with van der Waals surface area (Å²) in [7, 11) is 0. The molecular weight excluding hydrogens is 1020 g/mol. The number of hydrogen-bond acceptors (Lipinski definition) is 1. The van der Waals surface area contributed by atoms with E-state index in [1.54, 1.807) is 0 Å². The number of para-hydroxylation sites is 2. The molecule has 0 atom stereocenters. The van der Waals surface area contributed by atoms with Crippen molar-refractivity contribution in [2.45, 2.75) is 157 Å². The highest BCUT2D eigenvalue weighted by Gasteiger charge is 2.30. The Kier molecular flexibility index (Phi) is 12.0. The van der Waals surface area contributed by atoms with E-state index in [0.717, 1.165) is 44.5 Å². The molecule has 0 unspecified atom stereocenters. The van der Waals surface area contributed by atoms with Gasteiger partial charge in [-0.3, -0.25) is 0 Å². The zero-order valence-electron chi connectivity index (χ0n) is 52.8. The molecule has 4 aromatic heterocycles. The number of nitriles is 1. The normalized spacial score (nSPS) is 13.3. The molecule has 0 saturated heterocycles. The summed E-state index contributed by atoms with van der Waals surface area (Å²) in [6.45, 7) is 41.7. The van der Waals surface area contributed by atoms with Gasteiger partial charge in [0.2, 0.25) is 0 Å². The predicted octanol–water partition coefficient (Wildman–Crippen LogP) is 21.7. The summed E-state index contributed by atoms with van der Waals surface area (Å²) in [5.74, 6) is 0. The monoisotopic (exact) mass is 1100 g/mol. The quantitative estimate of drug-likeness (QED) is 0.173. The first-order valence-corrected chi connectivity index (χ1v) is 30.3. The third-order valence-electron chi connectivity index (χ3n) is 18.3. The second-order valence-corrected chi connectivity index (χ2v) is 30.4. The van der Waals surface area contributed by atoms with Crippen molar-refractivity contribution in [2.75, 3.05) is 0 Å². The molecule has 0 aliphatic heterocycles. The Morgan fingerprint density at radius 3 is 1.02 bits per heavy atom. The molecule has 0 fully saturated rings. The molecule has 422 valence electrons. The fourth-order valence-electron chi connectivity index (χ4n) is 13.3. The SMILES string of the molecule is CC(C)(C)c1cc(-n2c3ccccc3c3c2ccc2c4ccc5c(c6ccccc6n5-c5ccc(-n6c7ccc(C(C)(C)C)cc7c7cc(C(C)(C)C)ccc76)c(C#N)c5)c4n(-c4cc(C(C)(C)C)cc(C(C)(C)C)c4)c23)cc(C(C)(C)C)c1. The Labute approximate surface area is 496 Å². The van der Waals surface area contributed by atoms with Crippen molar-refractivity contribution < 1.29 is 0 Å². The molecule has 13 aromatic rings. The molecule has 5 heteroatoms. The first-order chi connectivity index (χ1) is 39.4. The zero-order valence-corrected chi connectivity index (χ0v) is 52.8. The topological polar surface area (TPSA) is 43.5 Å². The van der Waals surface area contributed by atoms with E-state index in [9.17, 15) is 5.26 Å². The van der Waals surface area contributed by atoms with Crippen LogP contribution in [-0.4, -0.2) is 18.3 Å². The minimum atomic E-state index is -0.122. The standard InChI is InChI=1S/C79H81N5/c1-74(2,3)48-27-32-66-61(44-48)62-45-49(75(4,5)6)28-33-67(62)84(66)63-34-29-54(37-47(63)46-80)81-64-25-21-19-23-59(64)70-68(81)35-30-57-58-31-36-69-71(73(58)83(72(57)70)56-42-52(78(13,14)15)39-53(43-56)79(16,17)18)60-24-20-22-26-65(60)82(69)55-40-50(76(7,8)9)38-51(41-55)77(10,11)12/h19-45H,1-18H3. The first kappa shape index (κ1) is 54.9. The molecule has 13 rings (SSSR count). The number of nitrogens with zero attached hydrogens (tertiary/aromatic N) is 5. The van der Waals surface area contributed by atoms with Crippen LogP contribution in [0.25, 0.3) is 110 Å². The van der Waals surface area contributed by atoms with Crippen molar-refractivity contribution in [1.29, 1.82) is 5.26 Å². The second-order valence-electron chi connectivity index (χ2n) is 30.4. The molecule has 0 bridgehead atoms. The Hall–Kier alpha value is -8.33. The summed E-state index contributed by atoms with van der Waals surface area (Å²) in [4.78, 5) is 0. The van der Waals surface area contributed by atoms with Crippen molar-refractivity contribution in [2.24, 2.45) is 0 Å². The highest BCUT2D eigenvalue weighted by Crippen LogP contribution is 2.48. The molecule has 5 nitrogen and oxygen atoms in total. The van der Waals surface area contributed by atoms with Gasteiger partial charge in [-0.25, -0.2) is 0 Å². The lowest BCUT2D eigenvalue weighted by Gasteiger charge is -2.27. The summed E-state index contributed by atoms with van der Waals surface area (Å²) in [5, 5.41) is 21.0. The van der Waals surface area contributed by atoms with Crippen molar-refractivity contribution in [1.82, 2.24) is 18.3 Å². The summed E-state index contributed by atoms with van der Waals surface area (Å²) >= 11 is 0. The fraction of sp³-hybridized carbons (Fsp3) is 0.304. The summed E-state index contributed by atoms with van der Waals surface area (Å²) in [6.07, 6.45) is 0. The molecule has 0 spiro atoms. The lowest BCUT2D eigenvalue weighted by molar-refractivity contribution is 0.567. The van der Waals surface area contributed by atoms with Crippen LogP contribution in [0.2, 0.25) is 0 Å². The van der Waals surface area contributed by atoms with Gasteiger partial charge in [-0.2, -0.15) is 5.26 Å². The van der Waals surface area contributed by atoms with Crippen LogP contribution in [0.5, 0.6) is 0 Å². The number of aromatic nitrogens is 4. The first-order valence-electron chi connectivity index (χ1n) is 30.3. The molecule has 4 heterocycles. The molecule has 0 aliphatic rings. The maximum atomic E-state index is 11.4. The van der Waals surface area contributed by atoms with Gasteiger partial charge in [0, 0.05) is 60.2 Å². The van der Waals surface area contributed by atoms with Crippen LogP contribution in [0.3, 0.4) is 0 Å². The van der Waals surface area contributed by atoms with E-state index in [-0.39, 0.29) is 32.5 Å². The van der Waals surface area contributed by atoms with E-state index >= 15 is 0 Å². The van der Waals surface area contributed by atoms with E-state index in [2.05, 4.69) is 313 Å². The number of fused-ring (bicyclic) bond motifs is 14. The van der Waals surface area contributed by atoms with Crippen LogP contribution in [0, 0.1) is 11.3 Å². The lowest BCUT2D eigenvalue weighted by atomic mass is 9.80. The Balaban J connectivity index is 1.14. The van der Waals surface area contributed by atoms with Crippen LogP contribution < -0.4 is 0 Å². The van der Waals surface area contributed by atoms with E-state index in [1.165, 1.54) is 98.8 Å². The average Bonchev–Trinajstić information content (AvgIpc) is 2.13. The molecule has 84 heavy (non-hydrogen) atoms. The van der Waals surface area contributed by atoms with Crippen molar-refractivity contribution in [3.63, 3.8) is 0 Å². The van der Waals surface area contributed by atoms with Gasteiger partial charge in [-0.15, -0.1) is 0 Å². The lowest BCUT2D eigenvalue weighted by Crippen LogP contribution is -2.17. The maximum Gasteiger partial charge on any atom is 0.101 e. The minimum absolute atomic E-state index is 0.0274. The van der Waals surface area contributed by atoms with Crippen LogP contribution >= 0.6 is 0 Å². The van der Waals surface area contributed by atoms with Gasteiger partial charge in [0.05, 0.1) is 55.4 Å². The highest BCUT2D eigenvalue weighted by molar-refractivity contribution is 6.31. The van der Waals surface area contributed by atoms with Crippen molar-refractivity contribution >= 4 is 87.2 Å². The summed E-state index contributed by atoms with van der Waals surface area (Å²) in [6, 6.07) is 65.1. The second kappa shape index (κ2) is 18.3.